The van der Waals surface area contributed by atoms with Crippen molar-refractivity contribution in [3.8, 4) is 11.5 Å². The molecular weight excluding hydrogens is 504 g/mol. The van der Waals surface area contributed by atoms with Crippen molar-refractivity contribution in [2.75, 3.05) is 12.4 Å². The summed E-state index contributed by atoms with van der Waals surface area (Å²) < 4.78 is 11.6. The highest BCUT2D eigenvalue weighted by atomic mass is 35.5. The van der Waals surface area contributed by atoms with Crippen LogP contribution in [-0.2, 0) is 6.61 Å². The van der Waals surface area contributed by atoms with Crippen molar-refractivity contribution in [2.24, 2.45) is 10.9 Å². The van der Waals surface area contributed by atoms with Gasteiger partial charge in [0.2, 0.25) is 0 Å². The fraction of sp³-hybridized carbons (Fsp3) is 0.206. The van der Waals surface area contributed by atoms with Crippen molar-refractivity contribution in [3.63, 3.8) is 0 Å². The quantitative estimate of drug-likeness (QED) is 0.190. The zero-order valence-electron chi connectivity index (χ0n) is 22.1. The predicted molar refractivity (Wildman–Crippen MR) is 160 cm³/mol. The first kappa shape index (κ1) is 25.3. The molecule has 1 aliphatic heterocycles. The van der Waals surface area contributed by atoms with Gasteiger partial charge >= 0.3 is 0 Å². The molecule has 4 aromatic carbocycles. The van der Waals surface area contributed by atoms with E-state index in [0.717, 1.165) is 23.2 Å². The van der Waals surface area contributed by atoms with Crippen molar-refractivity contribution >= 4 is 29.2 Å². The van der Waals surface area contributed by atoms with Crippen LogP contribution in [0.3, 0.4) is 0 Å². The average Bonchev–Trinajstić information content (AvgIpc) is 3.46. The Morgan fingerprint density at radius 2 is 1.79 bits per heavy atom. The molecule has 1 aliphatic carbocycles. The first-order valence-corrected chi connectivity index (χ1v) is 13.7. The zero-order chi connectivity index (χ0) is 26.8. The second kappa shape index (κ2) is 11.0. The van der Waals surface area contributed by atoms with Crippen molar-refractivity contribution in [3.05, 3.63) is 130 Å². The highest BCUT2D eigenvalue weighted by Gasteiger charge is 2.37. The van der Waals surface area contributed by atoms with E-state index in [1.165, 1.54) is 22.4 Å². The number of anilines is 1. The summed E-state index contributed by atoms with van der Waals surface area (Å²) in [6, 6.07) is 29.4. The minimum Gasteiger partial charge on any atom is -0.493 e. The number of rotatable bonds is 7. The molecule has 0 unspecified atom stereocenters. The van der Waals surface area contributed by atoms with E-state index in [-0.39, 0.29) is 6.04 Å². The van der Waals surface area contributed by atoms with Gasteiger partial charge in [-0.15, -0.1) is 0 Å². The van der Waals surface area contributed by atoms with E-state index in [4.69, 9.17) is 26.1 Å². The molecule has 0 saturated carbocycles. The average molecular weight is 535 g/mol. The molecule has 0 spiro atoms. The van der Waals surface area contributed by atoms with E-state index < -0.39 is 0 Å². The molecule has 1 N–H and O–H groups in total. The van der Waals surface area contributed by atoms with Gasteiger partial charge in [0.15, 0.2) is 11.5 Å². The second-order valence-electron chi connectivity index (χ2n) is 10.2. The molecule has 4 aromatic rings. The summed E-state index contributed by atoms with van der Waals surface area (Å²) in [5.74, 6) is 2.10. The van der Waals surface area contributed by atoms with Gasteiger partial charge in [0.05, 0.1) is 23.9 Å². The van der Waals surface area contributed by atoms with Crippen molar-refractivity contribution in [1.29, 1.82) is 0 Å². The molecule has 0 amide bonds. The number of aryl methyl sites for hydroxylation is 1. The molecule has 4 nitrogen and oxygen atoms in total. The second-order valence-corrected chi connectivity index (χ2v) is 10.6. The Labute approximate surface area is 235 Å². The van der Waals surface area contributed by atoms with Gasteiger partial charge in [-0.1, -0.05) is 83.9 Å². The van der Waals surface area contributed by atoms with Gasteiger partial charge in [-0.3, -0.25) is 4.99 Å². The summed E-state index contributed by atoms with van der Waals surface area (Å²) in [6.07, 6.45) is 7.58. The van der Waals surface area contributed by atoms with Crippen LogP contribution in [0.15, 0.2) is 102 Å². The molecule has 1 heterocycles. The van der Waals surface area contributed by atoms with Crippen molar-refractivity contribution in [1.82, 2.24) is 0 Å². The third kappa shape index (κ3) is 5.30. The van der Waals surface area contributed by atoms with Crippen molar-refractivity contribution < 1.29 is 9.47 Å². The van der Waals surface area contributed by atoms with Gasteiger partial charge < -0.3 is 14.8 Å². The maximum atomic E-state index is 6.59. The Morgan fingerprint density at radius 3 is 2.59 bits per heavy atom. The van der Waals surface area contributed by atoms with Crippen LogP contribution in [0.4, 0.5) is 11.4 Å². The molecular formula is C34H31ClN2O2. The van der Waals surface area contributed by atoms with Crippen LogP contribution >= 0.6 is 11.6 Å². The number of aliphatic imine (C=N–C) groups is 1. The lowest BCUT2D eigenvalue weighted by atomic mass is 9.77. The maximum absolute atomic E-state index is 6.59. The van der Waals surface area contributed by atoms with E-state index in [0.29, 0.717) is 35.0 Å². The van der Waals surface area contributed by atoms with Crippen LogP contribution < -0.4 is 14.8 Å². The van der Waals surface area contributed by atoms with Crippen LogP contribution in [0, 0.1) is 12.8 Å². The highest BCUT2D eigenvalue weighted by molar-refractivity contribution is 6.32. The lowest BCUT2D eigenvalue weighted by Gasteiger charge is -2.37. The summed E-state index contributed by atoms with van der Waals surface area (Å²) >= 11 is 6.59. The third-order valence-electron chi connectivity index (χ3n) is 7.64. The van der Waals surface area contributed by atoms with Gasteiger partial charge in [0.25, 0.3) is 0 Å². The lowest BCUT2D eigenvalue weighted by Crippen LogP contribution is -2.28. The Kier molecular flexibility index (Phi) is 7.12. The number of benzene rings is 4. The molecule has 2 aliphatic rings. The fourth-order valence-electron chi connectivity index (χ4n) is 5.58. The molecule has 0 bridgehead atoms. The highest BCUT2D eigenvalue weighted by Crippen LogP contribution is 2.49. The molecule has 196 valence electrons. The summed E-state index contributed by atoms with van der Waals surface area (Å²) in [5, 5.41) is 4.28. The molecule has 5 heteroatoms. The number of para-hydroxylation sites is 1. The minimum atomic E-state index is 0.272. The molecule has 39 heavy (non-hydrogen) atoms. The first-order valence-electron chi connectivity index (χ1n) is 13.3. The number of ether oxygens (including phenoxy) is 2. The Morgan fingerprint density at radius 1 is 1.00 bits per heavy atom. The number of methoxy groups -OCH3 is 1. The summed E-state index contributed by atoms with van der Waals surface area (Å²) in [4.78, 5) is 4.70. The van der Waals surface area contributed by atoms with E-state index in [9.17, 15) is 0 Å². The molecule has 3 atom stereocenters. The molecule has 0 aromatic heterocycles. The SMILES string of the molecule is COc1cc(C=Nc2ccc([C@@H]3Nc4ccccc4[C@@H]4C=CC[C@@H]43)cc2)cc(Cl)c1OCc1ccc(C)cc1. The lowest BCUT2D eigenvalue weighted by molar-refractivity contribution is 0.284. The van der Waals surface area contributed by atoms with E-state index in [1.54, 1.807) is 13.3 Å². The molecule has 0 radical (unpaired) electrons. The number of halogens is 1. The van der Waals surface area contributed by atoms with Crippen LogP contribution in [0.25, 0.3) is 0 Å². The number of nitrogens with one attached hydrogen (secondary N) is 1. The van der Waals surface area contributed by atoms with Gasteiger partial charge in [-0.05, 0) is 71.8 Å². The largest absolute Gasteiger partial charge is 0.493 e. The Bertz CT molecular complexity index is 1530. The normalized spacial score (nSPS) is 19.4. The molecule has 6 rings (SSSR count). The summed E-state index contributed by atoms with van der Waals surface area (Å²) in [6.45, 7) is 2.48. The fourth-order valence-corrected chi connectivity index (χ4v) is 5.86. The van der Waals surface area contributed by atoms with Crippen LogP contribution in [0.5, 0.6) is 11.5 Å². The van der Waals surface area contributed by atoms with Gasteiger partial charge in [-0.25, -0.2) is 0 Å². The first-order chi connectivity index (χ1) is 19.1. The Balaban J connectivity index is 1.16. The summed E-state index contributed by atoms with van der Waals surface area (Å²) in [5.41, 5.74) is 7.91. The Hall–Kier alpha value is -4.02. The minimum absolute atomic E-state index is 0.272. The predicted octanol–water partition coefficient (Wildman–Crippen LogP) is 8.81. The molecule has 0 saturated heterocycles. The number of hydrogen-bond acceptors (Lipinski definition) is 4. The molecule has 0 fully saturated rings. The maximum Gasteiger partial charge on any atom is 0.180 e. The van der Waals surface area contributed by atoms with Gasteiger partial charge in [-0.2, -0.15) is 0 Å². The topological polar surface area (TPSA) is 42.8 Å². The number of fused-ring (bicyclic) bond motifs is 3. The van der Waals surface area contributed by atoms with Crippen LogP contribution in [0.1, 0.15) is 46.2 Å². The van der Waals surface area contributed by atoms with Gasteiger partial charge in [0.1, 0.15) is 6.61 Å². The van der Waals surface area contributed by atoms with Crippen LogP contribution in [-0.4, -0.2) is 13.3 Å². The standard InChI is InChI=1S/C34H31ClN2O2/c1-22-10-12-23(13-11-22)21-39-34-30(35)18-24(19-32(34)38-2)20-36-26-16-14-25(15-17-26)33-29-8-5-7-27(29)28-6-3-4-9-31(28)37-33/h3-7,9-20,27,29,33,37H,8,21H2,1-2H3/t27-,29-,33-/m0/s1. The van der Waals surface area contributed by atoms with E-state index >= 15 is 0 Å². The number of nitrogens with zero attached hydrogens (tertiary/aromatic N) is 1. The third-order valence-corrected chi connectivity index (χ3v) is 7.92. The van der Waals surface area contributed by atoms with Gasteiger partial charge in [0, 0.05) is 17.8 Å². The monoisotopic (exact) mass is 534 g/mol. The number of hydrogen-bond donors (Lipinski definition) is 1. The van der Waals surface area contributed by atoms with E-state index in [1.807, 2.05) is 24.3 Å². The summed E-state index contributed by atoms with van der Waals surface area (Å²) in [7, 11) is 1.62. The van der Waals surface area contributed by atoms with E-state index in [2.05, 4.69) is 85.1 Å². The smallest absolute Gasteiger partial charge is 0.180 e. The van der Waals surface area contributed by atoms with Crippen molar-refractivity contribution in [2.45, 2.75) is 31.9 Å². The van der Waals surface area contributed by atoms with Crippen LogP contribution in [0.2, 0.25) is 5.02 Å². The zero-order valence-corrected chi connectivity index (χ0v) is 22.9. The number of allylic oxidation sites excluding steroid dienone is 2.